The van der Waals surface area contributed by atoms with Crippen molar-refractivity contribution in [1.29, 1.82) is 0 Å². The molecule has 2 aliphatic rings. The summed E-state index contributed by atoms with van der Waals surface area (Å²) in [5, 5.41) is 3.64. The van der Waals surface area contributed by atoms with E-state index in [1.54, 1.807) is 0 Å². The Morgan fingerprint density at radius 2 is 1.73 bits per heavy atom. The van der Waals surface area contributed by atoms with Gasteiger partial charge in [-0.1, -0.05) is 25.7 Å². The highest BCUT2D eigenvalue weighted by Gasteiger charge is 2.24. The molecule has 2 heteroatoms. The van der Waals surface area contributed by atoms with Gasteiger partial charge in [-0.25, -0.2) is 0 Å². The van der Waals surface area contributed by atoms with Crippen molar-refractivity contribution in [3.8, 4) is 0 Å². The van der Waals surface area contributed by atoms with Crippen LogP contribution in [-0.4, -0.2) is 19.6 Å². The van der Waals surface area contributed by atoms with Gasteiger partial charge in [-0.15, -0.1) is 0 Å². The molecule has 2 rings (SSSR count). The zero-order valence-corrected chi connectivity index (χ0v) is 9.88. The van der Waals surface area contributed by atoms with Gasteiger partial charge >= 0.3 is 0 Å². The minimum absolute atomic E-state index is 0.798. The molecule has 2 saturated carbocycles. The summed E-state index contributed by atoms with van der Waals surface area (Å²) in [7, 11) is 0. The second-order valence-corrected chi connectivity index (χ2v) is 5.48. The van der Waals surface area contributed by atoms with Crippen LogP contribution in [0.5, 0.6) is 0 Å². The van der Waals surface area contributed by atoms with Crippen LogP contribution < -0.4 is 11.1 Å². The minimum atomic E-state index is 0.798. The van der Waals surface area contributed by atoms with Crippen LogP contribution in [0.2, 0.25) is 0 Å². The molecule has 0 spiro atoms. The van der Waals surface area contributed by atoms with Gasteiger partial charge in [0.25, 0.3) is 0 Å². The zero-order valence-electron chi connectivity index (χ0n) is 9.88. The van der Waals surface area contributed by atoms with E-state index in [1.807, 2.05) is 0 Å². The fourth-order valence-corrected chi connectivity index (χ4v) is 2.86. The van der Waals surface area contributed by atoms with Gasteiger partial charge in [0.2, 0.25) is 0 Å². The molecule has 0 radical (unpaired) electrons. The molecule has 0 aromatic heterocycles. The van der Waals surface area contributed by atoms with Crippen molar-refractivity contribution in [1.82, 2.24) is 5.32 Å². The summed E-state index contributed by atoms with van der Waals surface area (Å²) in [6, 6.07) is 0. The van der Waals surface area contributed by atoms with Crippen molar-refractivity contribution in [2.24, 2.45) is 23.5 Å². The van der Waals surface area contributed by atoms with Crippen molar-refractivity contribution in [3.05, 3.63) is 0 Å². The number of hydrogen-bond acceptors (Lipinski definition) is 2. The smallest absolute Gasteiger partial charge is 0.00174 e. The normalized spacial score (nSPS) is 31.8. The topological polar surface area (TPSA) is 38.0 Å². The predicted molar refractivity (Wildman–Crippen MR) is 64.7 cm³/mol. The van der Waals surface area contributed by atoms with Gasteiger partial charge in [-0.05, 0) is 56.7 Å². The average molecular weight is 210 g/mol. The molecule has 3 N–H and O–H groups in total. The lowest BCUT2D eigenvalue weighted by Gasteiger charge is -2.30. The van der Waals surface area contributed by atoms with Crippen molar-refractivity contribution < 1.29 is 0 Å². The predicted octanol–water partition coefficient (Wildman–Crippen LogP) is 2.14. The molecular weight excluding hydrogens is 184 g/mol. The SMILES string of the molecule is NCC1CCCCC1CNCCC1CC1. The number of nitrogens with one attached hydrogen (secondary N) is 1. The number of hydrogen-bond donors (Lipinski definition) is 2. The van der Waals surface area contributed by atoms with E-state index in [1.165, 1.54) is 58.0 Å². The number of rotatable bonds is 6. The van der Waals surface area contributed by atoms with E-state index in [4.69, 9.17) is 5.73 Å². The standard InChI is InChI=1S/C13H26N2/c14-9-12-3-1-2-4-13(12)10-15-8-7-11-5-6-11/h11-13,15H,1-10,14H2. The third kappa shape index (κ3) is 3.76. The Labute approximate surface area is 94.0 Å². The molecule has 2 aliphatic carbocycles. The van der Waals surface area contributed by atoms with E-state index < -0.39 is 0 Å². The maximum atomic E-state index is 5.83. The van der Waals surface area contributed by atoms with E-state index in [0.717, 1.165) is 24.3 Å². The summed E-state index contributed by atoms with van der Waals surface area (Å²) in [5.41, 5.74) is 5.83. The van der Waals surface area contributed by atoms with E-state index in [9.17, 15) is 0 Å². The van der Waals surface area contributed by atoms with E-state index in [2.05, 4.69) is 5.32 Å². The molecule has 0 aliphatic heterocycles. The molecule has 0 bridgehead atoms. The first-order valence-corrected chi connectivity index (χ1v) is 6.81. The Morgan fingerprint density at radius 3 is 2.40 bits per heavy atom. The minimum Gasteiger partial charge on any atom is -0.330 e. The molecule has 0 saturated heterocycles. The summed E-state index contributed by atoms with van der Waals surface area (Å²) in [5.74, 6) is 2.73. The van der Waals surface area contributed by atoms with Crippen LogP contribution in [0.25, 0.3) is 0 Å². The summed E-state index contributed by atoms with van der Waals surface area (Å²) < 4.78 is 0. The van der Waals surface area contributed by atoms with Gasteiger partial charge in [0.15, 0.2) is 0 Å². The van der Waals surface area contributed by atoms with Gasteiger partial charge in [-0.3, -0.25) is 0 Å². The summed E-state index contributed by atoms with van der Waals surface area (Å²) in [4.78, 5) is 0. The molecule has 0 aromatic carbocycles. The molecule has 2 atom stereocenters. The van der Waals surface area contributed by atoms with Crippen LogP contribution in [0, 0.1) is 17.8 Å². The molecule has 0 aromatic rings. The van der Waals surface area contributed by atoms with Crippen LogP contribution in [0.4, 0.5) is 0 Å². The first kappa shape index (κ1) is 11.4. The van der Waals surface area contributed by atoms with Crippen LogP contribution in [0.3, 0.4) is 0 Å². The van der Waals surface area contributed by atoms with Crippen LogP contribution in [0.1, 0.15) is 44.9 Å². The lowest BCUT2D eigenvalue weighted by Crippen LogP contribution is -2.34. The second-order valence-electron chi connectivity index (χ2n) is 5.48. The largest absolute Gasteiger partial charge is 0.330 e. The molecular formula is C13H26N2. The lowest BCUT2D eigenvalue weighted by molar-refractivity contribution is 0.236. The highest BCUT2D eigenvalue weighted by atomic mass is 14.9. The molecule has 88 valence electrons. The number of nitrogens with two attached hydrogens (primary N) is 1. The Morgan fingerprint density at radius 1 is 1.00 bits per heavy atom. The molecule has 2 fully saturated rings. The maximum absolute atomic E-state index is 5.83. The van der Waals surface area contributed by atoms with Gasteiger partial charge in [0.1, 0.15) is 0 Å². The monoisotopic (exact) mass is 210 g/mol. The van der Waals surface area contributed by atoms with Crippen LogP contribution in [0.15, 0.2) is 0 Å². The van der Waals surface area contributed by atoms with Gasteiger partial charge < -0.3 is 11.1 Å². The van der Waals surface area contributed by atoms with Crippen molar-refractivity contribution in [3.63, 3.8) is 0 Å². The lowest BCUT2D eigenvalue weighted by atomic mass is 9.79. The summed E-state index contributed by atoms with van der Waals surface area (Å²) in [6.45, 7) is 3.35. The molecule has 2 nitrogen and oxygen atoms in total. The van der Waals surface area contributed by atoms with Crippen molar-refractivity contribution >= 4 is 0 Å². The van der Waals surface area contributed by atoms with Crippen molar-refractivity contribution in [2.45, 2.75) is 44.9 Å². The van der Waals surface area contributed by atoms with E-state index in [-0.39, 0.29) is 0 Å². The Bertz CT molecular complexity index is 177. The summed E-state index contributed by atoms with van der Waals surface area (Å²) in [6.07, 6.45) is 9.96. The Hall–Kier alpha value is -0.0800. The van der Waals surface area contributed by atoms with Crippen molar-refractivity contribution in [2.75, 3.05) is 19.6 Å². The molecule has 2 unspecified atom stereocenters. The molecule has 0 heterocycles. The highest BCUT2D eigenvalue weighted by Crippen LogP contribution is 2.32. The zero-order chi connectivity index (χ0) is 10.5. The third-order valence-electron chi connectivity index (χ3n) is 4.20. The first-order valence-electron chi connectivity index (χ1n) is 6.81. The summed E-state index contributed by atoms with van der Waals surface area (Å²) >= 11 is 0. The second kappa shape index (κ2) is 5.86. The first-order chi connectivity index (χ1) is 7.40. The fraction of sp³-hybridized carbons (Fsp3) is 1.00. The van der Waals surface area contributed by atoms with Gasteiger partial charge in [-0.2, -0.15) is 0 Å². The molecule has 15 heavy (non-hydrogen) atoms. The van der Waals surface area contributed by atoms with E-state index in [0.29, 0.717) is 0 Å². The average Bonchev–Trinajstić information content (AvgIpc) is 3.09. The Balaban J connectivity index is 1.58. The fourth-order valence-electron chi connectivity index (χ4n) is 2.86. The maximum Gasteiger partial charge on any atom is -0.00174 e. The Kier molecular flexibility index (Phi) is 4.45. The quantitative estimate of drug-likeness (QED) is 0.659. The highest BCUT2D eigenvalue weighted by molar-refractivity contribution is 4.78. The molecule has 0 amide bonds. The van der Waals surface area contributed by atoms with E-state index >= 15 is 0 Å². The third-order valence-corrected chi connectivity index (χ3v) is 4.20. The van der Waals surface area contributed by atoms with Gasteiger partial charge in [0.05, 0.1) is 0 Å². The van der Waals surface area contributed by atoms with Crippen LogP contribution >= 0.6 is 0 Å². The van der Waals surface area contributed by atoms with Gasteiger partial charge in [0, 0.05) is 0 Å². The van der Waals surface area contributed by atoms with Crippen LogP contribution in [-0.2, 0) is 0 Å².